The Labute approximate surface area is 174 Å². The number of hydrogen-bond acceptors (Lipinski definition) is 4. The Morgan fingerprint density at radius 1 is 1.03 bits per heavy atom. The van der Waals surface area contributed by atoms with E-state index in [0.29, 0.717) is 12.2 Å². The molecule has 0 saturated carbocycles. The number of carbonyl (C=O) groups excluding carboxylic acids is 1. The zero-order chi connectivity index (χ0) is 20.1. The molecule has 2 saturated heterocycles. The van der Waals surface area contributed by atoms with Gasteiger partial charge in [0.2, 0.25) is 0 Å². The summed E-state index contributed by atoms with van der Waals surface area (Å²) in [5.41, 5.74) is 3.66. The summed E-state index contributed by atoms with van der Waals surface area (Å²) in [6.07, 6.45) is 10.7. The maximum atomic E-state index is 13.3. The molecule has 2 fully saturated rings. The molecular weight excluding hydrogens is 362 g/mol. The predicted octanol–water partition coefficient (Wildman–Crippen LogP) is 3.23. The van der Waals surface area contributed by atoms with E-state index in [1.165, 1.54) is 50.8 Å². The number of pyridine rings is 1. The fourth-order valence-corrected chi connectivity index (χ4v) is 4.59. The summed E-state index contributed by atoms with van der Waals surface area (Å²) in [5, 5.41) is 3.58. The number of aryl methyl sites for hydroxylation is 1. The Bertz CT molecular complexity index is 816. The Kier molecular flexibility index (Phi) is 6.82. The maximum absolute atomic E-state index is 13.3. The molecule has 0 aliphatic carbocycles. The Balaban J connectivity index is 1.49. The third-order valence-electron chi connectivity index (χ3n) is 6.32. The lowest BCUT2D eigenvalue weighted by atomic mass is 10.1. The standard InChI is InChI=1S/C23H35N5O/c1-19-9-15-28-20(18-24-10-16-26-11-5-4-6-12-26)22(25-21(28)17-19)23(29)27-13-7-2-3-8-14-27/h9,15,17,24H,2-8,10-14,16,18H2,1H3. The first-order valence-electron chi connectivity index (χ1n) is 11.4. The average molecular weight is 398 g/mol. The van der Waals surface area contributed by atoms with E-state index < -0.39 is 0 Å². The number of hydrogen-bond donors (Lipinski definition) is 1. The van der Waals surface area contributed by atoms with Crippen LogP contribution in [-0.4, -0.2) is 64.4 Å². The lowest BCUT2D eigenvalue weighted by molar-refractivity contribution is 0.0755. The summed E-state index contributed by atoms with van der Waals surface area (Å²) in [6, 6.07) is 4.16. The smallest absolute Gasteiger partial charge is 0.274 e. The second kappa shape index (κ2) is 9.72. The molecule has 0 aromatic carbocycles. The van der Waals surface area contributed by atoms with E-state index in [2.05, 4.69) is 39.9 Å². The number of nitrogens with zero attached hydrogens (tertiary/aromatic N) is 4. The zero-order valence-electron chi connectivity index (χ0n) is 17.8. The molecule has 0 bridgehead atoms. The molecule has 6 heteroatoms. The number of likely N-dealkylation sites (tertiary alicyclic amines) is 2. The minimum atomic E-state index is 0.0982. The third-order valence-corrected chi connectivity index (χ3v) is 6.32. The van der Waals surface area contributed by atoms with Gasteiger partial charge >= 0.3 is 0 Å². The van der Waals surface area contributed by atoms with Crippen LogP contribution < -0.4 is 5.32 Å². The van der Waals surface area contributed by atoms with E-state index in [1.54, 1.807) is 0 Å². The lowest BCUT2D eigenvalue weighted by Crippen LogP contribution is -2.36. The van der Waals surface area contributed by atoms with Gasteiger partial charge in [0, 0.05) is 38.9 Å². The molecule has 158 valence electrons. The van der Waals surface area contributed by atoms with Crippen molar-refractivity contribution in [2.45, 2.75) is 58.4 Å². The van der Waals surface area contributed by atoms with Crippen molar-refractivity contribution in [2.24, 2.45) is 0 Å². The molecule has 6 nitrogen and oxygen atoms in total. The monoisotopic (exact) mass is 397 g/mol. The van der Waals surface area contributed by atoms with Crippen LogP contribution in [0.25, 0.3) is 5.65 Å². The van der Waals surface area contributed by atoms with E-state index in [0.717, 1.165) is 50.4 Å². The molecule has 0 radical (unpaired) electrons. The highest BCUT2D eigenvalue weighted by Crippen LogP contribution is 2.19. The predicted molar refractivity (Wildman–Crippen MR) is 116 cm³/mol. The van der Waals surface area contributed by atoms with Gasteiger partial charge < -0.3 is 19.5 Å². The molecular formula is C23H35N5O. The van der Waals surface area contributed by atoms with E-state index in [-0.39, 0.29) is 5.91 Å². The van der Waals surface area contributed by atoms with Crippen LogP contribution in [0, 0.1) is 6.92 Å². The SMILES string of the molecule is Cc1ccn2c(CNCCN3CCCCC3)c(C(=O)N3CCCCCC3)nc2c1. The van der Waals surface area contributed by atoms with Gasteiger partial charge in [0.15, 0.2) is 5.69 Å². The molecule has 0 atom stereocenters. The van der Waals surface area contributed by atoms with Crippen LogP contribution in [-0.2, 0) is 6.54 Å². The fourth-order valence-electron chi connectivity index (χ4n) is 4.59. The number of amides is 1. The van der Waals surface area contributed by atoms with Crippen LogP contribution in [0.3, 0.4) is 0 Å². The summed E-state index contributed by atoms with van der Waals surface area (Å²) in [5.74, 6) is 0.0982. The minimum absolute atomic E-state index is 0.0982. The van der Waals surface area contributed by atoms with Crippen LogP contribution >= 0.6 is 0 Å². The van der Waals surface area contributed by atoms with E-state index in [4.69, 9.17) is 4.98 Å². The van der Waals surface area contributed by atoms with Crippen molar-refractivity contribution >= 4 is 11.6 Å². The molecule has 1 N–H and O–H groups in total. The summed E-state index contributed by atoms with van der Waals surface area (Å²) in [6.45, 7) is 8.90. The van der Waals surface area contributed by atoms with Gasteiger partial charge in [-0.1, -0.05) is 19.3 Å². The van der Waals surface area contributed by atoms with Gasteiger partial charge in [-0.15, -0.1) is 0 Å². The quantitative estimate of drug-likeness (QED) is 0.761. The third kappa shape index (κ3) is 4.98. The highest BCUT2D eigenvalue weighted by atomic mass is 16.2. The molecule has 2 aliphatic heterocycles. The Morgan fingerprint density at radius 2 is 1.72 bits per heavy atom. The first-order chi connectivity index (χ1) is 14.2. The van der Waals surface area contributed by atoms with Gasteiger partial charge in [0.1, 0.15) is 5.65 Å². The van der Waals surface area contributed by atoms with Gasteiger partial charge in [0.05, 0.1) is 5.69 Å². The van der Waals surface area contributed by atoms with Gasteiger partial charge in [0.25, 0.3) is 5.91 Å². The molecule has 2 aromatic rings. The molecule has 0 spiro atoms. The molecule has 1 amide bonds. The molecule has 4 heterocycles. The van der Waals surface area contributed by atoms with Gasteiger partial charge in [-0.2, -0.15) is 0 Å². The van der Waals surface area contributed by atoms with E-state index >= 15 is 0 Å². The van der Waals surface area contributed by atoms with Crippen LogP contribution in [0.1, 0.15) is 66.7 Å². The van der Waals surface area contributed by atoms with Crippen molar-refractivity contribution in [3.05, 3.63) is 35.3 Å². The Morgan fingerprint density at radius 3 is 2.48 bits per heavy atom. The van der Waals surface area contributed by atoms with Crippen LogP contribution in [0.2, 0.25) is 0 Å². The number of imidazole rings is 1. The van der Waals surface area contributed by atoms with E-state index in [1.807, 2.05) is 4.90 Å². The molecule has 4 rings (SSSR count). The normalized spacial score (nSPS) is 18.9. The maximum Gasteiger partial charge on any atom is 0.274 e. The van der Waals surface area contributed by atoms with Crippen molar-refractivity contribution in [1.82, 2.24) is 24.5 Å². The minimum Gasteiger partial charge on any atom is -0.337 e. The van der Waals surface area contributed by atoms with E-state index in [9.17, 15) is 4.79 Å². The first-order valence-corrected chi connectivity index (χ1v) is 11.4. The molecule has 2 aliphatic rings. The van der Waals surface area contributed by atoms with Crippen molar-refractivity contribution < 1.29 is 4.79 Å². The molecule has 0 unspecified atom stereocenters. The number of piperidine rings is 1. The largest absolute Gasteiger partial charge is 0.337 e. The van der Waals surface area contributed by atoms with Gasteiger partial charge in [-0.05, 0) is 63.4 Å². The van der Waals surface area contributed by atoms with Crippen LogP contribution in [0.4, 0.5) is 0 Å². The summed E-state index contributed by atoms with van der Waals surface area (Å²) in [4.78, 5) is 22.6. The second-order valence-corrected chi connectivity index (χ2v) is 8.62. The van der Waals surface area contributed by atoms with Crippen LogP contribution in [0.15, 0.2) is 18.3 Å². The number of fused-ring (bicyclic) bond motifs is 1. The highest BCUT2D eigenvalue weighted by Gasteiger charge is 2.24. The fraction of sp³-hybridized carbons (Fsp3) is 0.652. The van der Waals surface area contributed by atoms with Crippen molar-refractivity contribution in [2.75, 3.05) is 39.3 Å². The lowest BCUT2D eigenvalue weighted by Gasteiger charge is -2.26. The number of aromatic nitrogens is 2. The highest BCUT2D eigenvalue weighted by molar-refractivity contribution is 5.94. The van der Waals surface area contributed by atoms with Crippen molar-refractivity contribution in [1.29, 1.82) is 0 Å². The molecule has 29 heavy (non-hydrogen) atoms. The Hall–Kier alpha value is -1.92. The summed E-state index contributed by atoms with van der Waals surface area (Å²) < 4.78 is 2.09. The molecule has 2 aromatic heterocycles. The van der Waals surface area contributed by atoms with Gasteiger partial charge in [-0.25, -0.2) is 4.98 Å². The van der Waals surface area contributed by atoms with Crippen molar-refractivity contribution in [3.63, 3.8) is 0 Å². The van der Waals surface area contributed by atoms with Crippen molar-refractivity contribution in [3.8, 4) is 0 Å². The summed E-state index contributed by atoms with van der Waals surface area (Å²) >= 11 is 0. The topological polar surface area (TPSA) is 52.9 Å². The van der Waals surface area contributed by atoms with Gasteiger partial charge in [-0.3, -0.25) is 4.79 Å². The van der Waals surface area contributed by atoms with Crippen LogP contribution in [0.5, 0.6) is 0 Å². The summed E-state index contributed by atoms with van der Waals surface area (Å²) in [7, 11) is 0. The zero-order valence-corrected chi connectivity index (χ0v) is 17.8. The number of carbonyl (C=O) groups is 1. The first kappa shape index (κ1) is 20.4. The number of nitrogens with one attached hydrogen (secondary N) is 1. The number of rotatable bonds is 6. The average Bonchev–Trinajstić information content (AvgIpc) is 2.90. The second-order valence-electron chi connectivity index (χ2n) is 8.62.